The van der Waals surface area contributed by atoms with Crippen molar-refractivity contribution >= 4 is 16.6 Å². The van der Waals surface area contributed by atoms with Crippen molar-refractivity contribution in [2.45, 2.75) is 13.8 Å². The zero-order chi connectivity index (χ0) is 15.4. The van der Waals surface area contributed by atoms with Crippen molar-refractivity contribution in [3.05, 3.63) is 78.5 Å². The van der Waals surface area contributed by atoms with Gasteiger partial charge in [0, 0.05) is 5.56 Å². The minimum atomic E-state index is 0.920. The van der Waals surface area contributed by atoms with Gasteiger partial charge in [-0.1, -0.05) is 60.7 Å². The molecule has 0 unspecified atom stereocenters. The van der Waals surface area contributed by atoms with Gasteiger partial charge in [0.25, 0.3) is 0 Å². The third kappa shape index (κ3) is 2.82. The Kier molecular flexibility index (Phi) is 4.10. The van der Waals surface area contributed by atoms with Gasteiger partial charge in [-0.2, -0.15) is 0 Å². The van der Waals surface area contributed by atoms with Gasteiger partial charge < -0.3 is 0 Å². The van der Waals surface area contributed by atoms with E-state index in [-0.39, 0.29) is 0 Å². The number of fused-ring (bicyclic) bond motifs is 1. The summed E-state index contributed by atoms with van der Waals surface area (Å²) >= 11 is 0. The molecular formula is C20H18N2. The molecule has 22 heavy (non-hydrogen) atoms. The molecule has 0 N–H and O–H groups in total. The lowest BCUT2D eigenvalue weighted by atomic mass is 10.0. The predicted molar refractivity (Wildman–Crippen MR) is 93.4 cm³/mol. The number of para-hydroxylation sites is 2. The number of nitrogens with zero attached hydrogens (tertiary/aromatic N) is 2. The molecule has 0 spiro atoms. The molecule has 2 aromatic carbocycles. The first-order chi connectivity index (χ1) is 10.8. The fraction of sp³-hybridized carbons (Fsp3) is 0.100. The number of hydrogen-bond donors (Lipinski definition) is 0. The first kappa shape index (κ1) is 14.2. The number of allylic oxidation sites excluding steroid dienone is 4. The normalized spacial score (nSPS) is 12.2. The van der Waals surface area contributed by atoms with Crippen molar-refractivity contribution in [2.75, 3.05) is 0 Å². The van der Waals surface area contributed by atoms with Crippen LogP contribution in [0.5, 0.6) is 0 Å². The Labute approximate surface area is 130 Å². The fourth-order valence-corrected chi connectivity index (χ4v) is 2.39. The van der Waals surface area contributed by atoms with Crippen molar-refractivity contribution in [1.82, 2.24) is 9.97 Å². The number of hydrogen-bond acceptors (Lipinski definition) is 2. The summed E-state index contributed by atoms with van der Waals surface area (Å²) in [6, 6.07) is 18.2. The Morgan fingerprint density at radius 1 is 0.864 bits per heavy atom. The molecule has 0 bridgehead atoms. The van der Waals surface area contributed by atoms with Crippen molar-refractivity contribution in [2.24, 2.45) is 0 Å². The Hall–Kier alpha value is -2.74. The van der Waals surface area contributed by atoms with Gasteiger partial charge in [0.2, 0.25) is 0 Å². The highest BCUT2D eigenvalue weighted by Crippen LogP contribution is 2.27. The van der Waals surface area contributed by atoms with E-state index >= 15 is 0 Å². The molecule has 1 heterocycles. The Bertz CT molecular complexity index is 846. The van der Waals surface area contributed by atoms with Crippen LogP contribution in [-0.4, -0.2) is 9.97 Å². The van der Waals surface area contributed by atoms with E-state index in [0.717, 1.165) is 33.6 Å². The minimum Gasteiger partial charge on any atom is -0.244 e. The maximum Gasteiger partial charge on any atom is 0.0969 e. The summed E-state index contributed by atoms with van der Waals surface area (Å²) in [5, 5.41) is 0. The summed E-state index contributed by atoms with van der Waals surface area (Å²) in [6.45, 7) is 4.08. The highest BCUT2D eigenvalue weighted by Gasteiger charge is 2.11. The zero-order valence-corrected chi connectivity index (χ0v) is 12.8. The van der Waals surface area contributed by atoms with E-state index in [0.29, 0.717) is 0 Å². The van der Waals surface area contributed by atoms with Gasteiger partial charge >= 0.3 is 0 Å². The monoisotopic (exact) mass is 286 g/mol. The topological polar surface area (TPSA) is 25.8 Å². The smallest absolute Gasteiger partial charge is 0.0969 e. The van der Waals surface area contributed by atoms with Crippen LogP contribution in [0.25, 0.3) is 27.9 Å². The fourth-order valence-electron chi connectivity index (χ4n) is 2.39. The summed E-state index contributed by atoms with van der Waals surface area (Å²) in [6.07, 6.45) is 6.12. The average molecular weight is 286 g/mol. The van der Waals surface area contributed by atoms with E-state index in [4.69, 9.17) is 9.97 Å². The predicted octanol–water partition coefficient (Wildman–Crippen LogP) is 5.28. The Morgan fingerprint density at radius 3 is 2.18 bits per heavy atom. The highest BCUT2D eigenvalue weighted by molar-refractivity contribution is 5.84. The van der Waals surface area contributed by atoms with Gasteiger partial charge in [0.05, 0.1) is 22.4 Å². The van der Waals surface area contributed by atoms with E-state index < -0.39 is 0 Å². The molecule has 3 aromatic rings. The quantitative estimate of drug-likeness (QED) is 0.612. The second-order valence-electron chi connectivity index (χ2n) is 5.15. The van der Waals surface area contributed by atoms with Crippen LogP contribution in [0.2, 0.25) is 0 Å². The molecule has 2 heteroatoms. The molecule has 108 valence electrons. The lowest BCUT2D eigenvalue weighted by molar-refractivity contribution is 1.24. The van der Waals surface area contributed by atoms with Crippen LogP contribution in [-0.2, 0) is 0 Å². The summed E-state index contributed by atoms with van der Waals surface area (Å²) in [5.74, 6) is 0. The average Bonchev–Trinajstić information content (AvgIpc) is 2.59. The molecule has 0 aliphatic carbocycles. The SMILES string of the molecule is C/C=C\C=C(/C)c1nc2ccccc2nc1-c1ccccc1. The molecule has 0 saturated carbocycles. The summed E-state index contributed by atoms with van der Waals surface area (Å²) in [7, 11) is 0. The summed E-state index contributed by atoms with van der Waals surface area (Å²) < 4.78 is 0. The van der Waals surface area contributed by atoms with Crippen LogP contribution in [0, 0.1) is 0 Å². The molecule has 0 aliphatic heterocycles. The largest absolute Gasteiger partial charge is 0.244 e. The highest BCUT2D eigenvalue weighted by atomic mass is 14.8. The Morgan fingerprint density at radius 2 is 1.50 bits per heavy atom. The summed E-state index contributed by atoms with van der Waals surface area (Å²) in [5.41, 5.74) is 5.90. The second kappa shape index (κ2) is 6.35. The van der Waals surface area contributed by atoms with Crippen molar-refractivity contribution < 1.29 is 0 Å². The van der Waals surface area contributed by atoms with Crippen molar-refractivity contribution in [3.63, 3.8) is 0 Å². The van der Waals surface area contributed by atoms with Gasteiger partial charge in [-0.05, 0) is 31.6 Å². The molecule has 3 rings (SSSR count). The number of aromatic nitrogens is 2. The Balaban J connectivity index is 2.27. The maximum absolute atomic E-state index is 4.85. The van der Waals surface area contributed by atoms with E-state index in [1.165, 1.54) is 0 Å². The third-order valence-corrected chi connectivity index (χ3v) is 3.53. The summed E-state index contributed by atoms with van der Waals surface area (Å²) in [4.78, 5) is 9.69. The molecule has 0 saturated heterocycles. The molecule has 0 atom stereocenters. The van der Waals surface area contributed by atoms with Crippen LogP contribution < -0.4 is 0 Å². The first-order valence-electron chi connectivity index (χ1n) is 7.42. The van der Waals surface area contributed by atoms with E-state index in [1.807, 2.05) is 61.5 Å². The number of rotatable bonds is 3. The molecule has 0 aliphatic rings. The molecule has 0 radical (unpaired) electrons. The van der Waals surface area contributed by atoms with E-state index in [2.05, 4.69) is 25.1 Å². The van der Waals surface area contributed by atoms with Gasteiger partial charge in [-0.3, -0.25) is 0 Å². The van der Waals surface area contributed by atoms with Crippen LogP contribution in [0.15, 0.2) is 72.8 Å². The molecule has 2 nitrogen and oxygen atoms in total. The first-order valence-corrected chi connectivity index (χ1v) is 7.42. The minimum absolute atomic E-state index is 0.920. The van der Waals surface area contributed by atoms with E-state index in [1.54, 1.807) is 0 Å². The molecule has 0 amide bonds. The zero-order valence-electron chi connectivity index (χ0n) is 12.8. The molecule has 0 fully saturated rings. The maximum atomic E-state index is 4.85. The molecule has 1 aromatic heterocycles. The third-order valence-electron chi connectivity index (χ3n) is 3.53. The van der Waals surface area contributed by atoms with Crippen molar-refractivity contribution in [1.29, 1.82) is 0 Å². The van der Waals surface area contributed by atoms with Crippen molar-refractivity contribution in [3.8, 4) is 11.3 Å². The van der Waals surface area contributed by atoms with Crippen LogP contribution >= 0.6 is 0 Å². The second-order valence-corrected chi connectivity index (χ2v) is 5.15. The van der Waals surface area contributed by atoms with Gasteiger partial charge in [-0.25, -0.2) is 9.97 Å². The number of benzene rings is 2. The molecular weight excluding hydrogens is 268 g/mol. The van der Waals surface area contributed by atoms with Gasteiger partial charge in [-0.15, -0.1) is 0 Å². The van der Waals surface area contributed by atoms with Crippen LogP contribution in [0.1, 0.15) is 19.5 Å². The van der Waals surface area contributed by atoms with Gasteiger partial charge in [0.15, 0.2) is 0 Å². The lowest BCUT2D eigenvalue weighted by Crippen LogP contribution is -1.97. The van der Waals surface area contributed by atoms with Crippen LogP contribution in [0.4, 0.5) is 0 Å². The van der Waals surface area contributed by atoms with E-state index in [9.17, 15) is 0 Å². The lowest BCUT2D eigenvalue weighted by Gasteiger charge is -2.10. The van der Waals surface area contributed by atoms with Gasteiger partial charge in [0.1, 0.15) is 0 Å². The van der Waals surface area contributed by atoms with Crippen LogP contribution in [0.3, 0.4) is 0 Å². The standard InChI is InChI=1S/C20H18N2/c1-3-4-10-15(2)19-20(16-11-6-5-7-12-16)22-18-14-9-8-13-17(18)21-19/h3-14H,1-2H3/b4-3-,15-10+.